The number of allylic oxidation sites excluding steroid dienone is 5. The number of rotatable bonds is 10. The van der Waals surface area contributed by atoms with Gasteiger partial charge in [0.25, 0.3) is 0 Å². The van der Waals surface area contributed by atoms with Crippen molar-refractivity contribution in [3.63, 3.8) is 0 Å². The molecule has 0 N–H and O–H groups in total. The maximum absolute atomic E-state index is 13.3. The average molecular weight is 396 g/mol. The van der Waals surface area contributed by atoms with Crippen molar-refractivity contribution < 1.29 is 4.39 Å². The summed E-state index contributed by atoms with van der Waals surface area (Å²) in [5.41, 5.74) is 4.30. The van der Waals surface area contributed by atoms with Crippen molar-refractivity contribution in [3.8, 4) is 0 Å². The normalized spacial score (nSPS) is 13.4. The molecule has 0 aromatic heterocycles. The summed E-state index contributed by atoms with van der Waals surface area (Å²) in [7, 11) is 0. The van der Waals surface area contributed by atoms with Gasteiger partial charge in [-0.25, -0.2) is 4.39 Å². The van der Waals surface area contributed by atoms with Crippen LogP contribution in [0.25, 0.3) is 5.57 Å². The summed E-state index contributed by atoms with van der Waals surface area (Å²) >= 11 is 6.06. The van der Waals surface area contributed by atoms with Crippen molar-refractivity contribution in [1.82, 2.24) is 4.90 Å². The summed E-state index contributed by atoms with van der Waals surface area (Å²) in [6, 6.07) is 17.0. The first-order valence-electron chi connectivity index (χ1n) is 9.37. The molecule has 1 nitrogen and oxygen atoms in total. The molecule has 0 aliphatic carbocycles. The van der Waals surface area contributed by atoms with Crippen LogP contribution in [0.3, 0.4) is 0 Å². The van der Waals surface area contributed by atoms with Crippen LogP contribution in [0.5, 0.6) is 0 Å². The lowest BCUT2D eigenvalue weighted by Gasteiger charge is -2.28. The Morgan fingerprint density at radius 1 is 1.11 bits per heavy atom. The summed E-state index contributed by atoms with van der Waals surface area (Å²) in [6.07, 6.45) is 7.77. The minimum absolute atomic E-state index is 0.114. The molecule has 3 heteroatoms. The zero-order valence-corrected chi connectivity index (χ0v) is 17.1. The van der Waals surface area contributed by atoms with Gasteiger partial charge in [0.2, 0.25) is 0 Å². The van der Waals surface area contributed by atoms with Crippen LogP contribution in [-0.2, 0) is 0 Å². The predicted octanol–water partition coefficient (Wildman–Crippen LogP) is 6.81. The minimum Gasteiger partial charge on any atom is -0.292 e. The Bertz CT molecular complexity index is 821. The lowest BCUT2D eigenvalue weighted by molar-refractivity contribution is 0.248. The van der Waals surface area contributed by atoms with E-state index in [1.807, 2.05) is 42.5 Å². The van der Waals surface area contributed by atoms with E-state index in [1.54, 1.807) is 6.08 Å². The highest BCUT2D eigenvalue weighted by molar-refractivity contribution is 6.18. The average Bonchev–Trinajstić information content (AvgIpc) is 2.73. The third-order valence-electron chi connectivity index (χ3n) is 4.71. The van der Waals surface area contributed by atoms with E-state index >= 15 is 0 Å². The van der Waals surface area contributed by atoms with Crippen molar-refractivity contribution in [2.75, 3.05) is 19.0 Å². The van der Waals surface area contributed by atoms with Crippen LogP contribution in [0, 0.1) is 5.82 Å². The van der Waals surface area contributed by atoms with E-state index in [0.717, 1.165) is 28.8 Å². The summed E-state index contributed by atoms with van der Waals surface area (Å²) in [6.45, 7) is 11.3. The van der Waals surface area contributed by atoms with E-state index in [-0.39, 0.29) is 11.9 Å². The maximum atomic E-state index is 13.3. The van der Waals surface area contributed by atoms with E-state index < -0.39 is 0 Å². The number of nitrogens with zero attached hydrogens (tertiary/aromatic N) is 1. The van der Waals surface area contributed by atoms with Crippen molar-refractivity contribution in [2.24, 2.45) is 0 Å². The minimum atomic E-state index is -0.226. The van der Waals surface area contributed by atoms with Gasteiger partial charge in [-0.3, -0.25) is 4.90 Å². The molecule has 0 heterocycles. The van der Waals surface area contributed by atoms with Crippen molar-refractivity contribution in [3.05, 3.63) is 115 Å². The second-order valence-corrected chi connectivity index (χ2v) is 6.84. The Morgan fingerprint density at radius 3 is 2.36 bits per heavy atom. The molecule has 0 aliphatic rings. The molecular formula is C25H27ClFN. The molecule has 28 heavy (non-hydrogen) atoms. The van der Waals surface area contributed by atoms with Gasteiger partial charge in [-0.2, -0.15) is 0 Å². The number of halogens is 2. The van der Waals surface area contributed by atoms with Crippen LogP contribution in [-0.4, -0.2) is 23.9 Å². The van der Waals surface area contributed by atoms with Gasteiger partial charge < -0.3 is 0 Å². The number of alkyl halides is 1. The highest BCUT2D eigenvalue weighted by Crippen LogP contribution is 2.26. The monoisotopic (exact) mass is 395 g/mol. The van der Waals surface area contributed by atoms with Gasteiger partial charge in [-0.05, 0) is 41.3 Å². The van der Waals surface area contributed by atoms with Gasteiger partial charge in [0, 0.05) is 25.0 Å². The molecule has 2 rings (SSSR count). The van der Waals surface area contributed by atoms with Gasteiger partial charge in [0.05, 0.1) is 0 Å². The predicted molar refractivity (Wildman–Crippen MR) is 120 cm³/mol. The van der Waals surface area contributed by atoms with Crippen LogP contribution in [0.4, 0.5) is 4.39 Å². The second-order valence-electron chi connectivity index (χ2n) is 6.46. The highest BCUT2D eigenvalue weighted by Gasteiger charge is 2.15. The smallest absolute Gasteiger partial charge is 0.123 e. The highest BCUT2D eigenvalue weighted by atomic mass is 35.5. The zero-order chi connectivity index (χ0) is 20.4. The number of hydrogen-bond acceptors (Lipinski definition) is 1. The molecule has 146 valence electrons. The van der Waals surface area contributed by atoms with Gasteiger partial charge >= 0.3 is 0 Å². The molecular weight excluding hydrogens is 369 g/mol. The van der Waals surface area contributed by atoms with Crippen LogP contribution in [0.15, 0.2) is 97.6 Å². The first-order valence-corrected chi connectivity index (χ1v) is 9.90. The summed E-state index contributed by atoms with van der Waals surface area (Å²) < 4.78 is 13.3. The molecule has 2 aromatic carbocycles. The topological polar surface area (TPSA) is 3.24 Å². The standard InChI is InChI=1S/C25H27ClFN/c1-4-9-21(5-2)25(23-10-7-6-8-11-23)16-18-28(19-17-26)20(3)22-12-14-24(27)15-13-22/h4-16,20H,1-2,17-19H2,3H3/b21-9+,25-16-. The summed E-state index contributed by atoms with van der Waals surface area (Å²) in [4.78, 5) is 2.28. The van der Waals surface area contributed by atoms with E-state index in [1.165, 1.54) is 12.1 Å². The molecule has 0 saturated heterocycles. The fourth-order valence-corrected chi connectivity index (χ4v) is 3.34. The molecule has 0 aliphatic heterocycles. The van der Waals surface area contributed by atoms with Crippen molar-refractivity contribution in [2.45, 2.75) is 13.0 Å². The molecule has 0 radical (unpaired) electrons. The Kier molecular flexibility index (Phi) is 8.93. The van der Waals surface area contributed by atoms with Crippen molar-refractivity contribution in [1.29, 1.82) is 0 Å². The lowest BCUT2D eigenvalue weighted by Crippen LogP contribution is -2.29. The van der Waals surface area contributed by atoms with E-state index in [4.69, 9.17) is 11.6 Å². The number of benzene rings is 2. The first-order chi connectivity index (χ1) is 13.6. The molecule has 0 bridgehead atoms. The summed E-state index contributed by atoms with van der Waals surface area (Å²) in [5, 5.41) is 0. The molecule has 0 spiro atoms. The Morgan fingerprint density at radius 2 is 1.79 bits per heavy atom. The van der Waals surface area contributed by atoms with E-state index in [9.17, 15) is 4.39 Å². The SMILES string of the molecule is C=C/C=C(C=C)/C(=C/CN(CCCl)C(C)c1ccc(F)cc1)c1ccccc1. The molecule has 1 atom stereocenters. The van der Waals surface area contributed by atoms with Crippen LogP contribution in [0.2, 0.25) is 0 Å². The van der Waals surface area contributed by atoms with E-state index in [0.29, 0.717) is 12.4 Å². The van der Waals surface area contributed by atoms with Gasteiger partial charge in [-0.15, -0.1) is 11.6 Å². The Balaban J connectivity index is 2.34. The van der Waals surface area contributed by atoms with E-state index in [2.05, 4.69) is 43.2 Å². The van der Waals surface area contributed by atoms with Crippen LogP contribution < -0.4 is 0 Å². The largest absolute Gasteiger partial charge is 0.292 e. The summed E-state index contributed by atoms with van der Waals surface area (Å²) in [5.74, 6) is 0.299. The quantitative estimate of drug-likeness (QED) is 0.315. The Hall–Kier alpha value is -2.42. The Labute approximate surface area is 173 Å². The second kappa shape index (κ2) is 11.4. The molecule has 1 unspecified atom stereocenters. The van der Waals surface area contributed by atoms with Crippen molar-refractivity contribution >= 4 is 17.2 Å². The van der Waals surface area contributed by atoms with Crippen LogP contribution in [0.1, 0.15) is 24.1 Å². The fraction of sp³-hybridized carbons (Fsp3) is 0.200. The molecule has 0 saturated carbocycles. The van der Waals surface area contributed by atoms with Gasteiger partial charge in [-0.1, -0.05) is 79.9 Å². The third-order valence-corrected chi connectivity index (χ3v) is 4.88. The maximum Gasteiger partial charge on any atom is 0.123 e. The molecule has 0 fully saturated rings. The fourth-order valence-electron chi connectivity index (χ4n) is 3.13. The van der Waals surface area contributed by atoms with Crippen LogP contribution >= 0.6 is 11.6 Å². The first kappa shape index (κ1) is 21.9. The van der Waals surface area contributed by atoms with Gasteiger partial charge in [0.1, 0.15) is 5.82 Å². The third kappa shape index (κ3) is 6.05. The molecule has 2 aromatic rings. The lowest BCUT2D eigenvalue weighted by atomic mass is 9.96. The van der Waals surface area contributed by atoms with Gasteiger partial charge in [0.15, 0.2) is 0 Å². The zero-order valence-electron chi connectivity index (χ0n) is 16.3. The number of hydrogen-bond donors (Lipinski definition) is 0. The molecule has 0 amide bonds.